The van der Waals surface area contributed by atoms with Crippen LogP contribution in [0, 0.1) is 0 Å². The molecular formula is C13H21NO2. The highest BCUT2D eigenvalue weighted by molar-refractivity contribution is 5.21. The summed E-state index contributed by atoms with van der Waals surface area (Å²) in [5.41, 5.74) is 6.80. The molecule has 3 nitrogen and oxygen atoms in total. The second-order valence-corrected chi connectivity index (χ2v) is 3.81. The molecule has 3 heteroatoms. The Hall–Kier alpha value is -0.900. The van der Waals surface area contributed by atoms with Crippen LogP contribution in [-0.4, -0.2) is 31.0 Å². The molecule has 0 saturated carbocycles. The molecule has 90 valence electrons. The molecule has 0 aromatic heterocycles. The third kappa shape index (κ3) is 3.93. The van der Waals surface area contributed by atoms with Gasteiger partial charge < -0.3 is 15.6 Å². The van der Waals surface area contributed by atoms with Gasteiger partial charge in [0.25, 0.3) is 0 Å². The summed E-state index contributed by atoms with van der Waals surface area (Å²) in [7, 11) is 0. The summed E-state index contributed by atoms with van der Waals surface area (Å²) in [6.45, 7) is 3.67. The highest BCUT2D eigenvalue weighted by Gasteiger charge is 2.18. The maximum absolute atomic E-state index is 10.0. The van der Waals surface area contributed by atoms with Crippen LogP contribution >= 0.6 is 0 Å². The summed E-state index contributed by atoms with van der Waals surface area (Å²) >= 11 is 0. The molecule has 16 heavy (non-hydrogen) atoms. The van der Waals surface area contributed by atoms with Gasteiger partial charge in [-0.2, -0.15) is 0 Å². The van der Waals surface area contributed by atoms with Gasteiger partial charge in [0.15, 0.2) is 0 Å². The first-order valence-corrected chi connectivity index (χ1v) is 5.80. The SMILES string of the molecule is CCOCCC(O)C(CN)c1ccccc1. The fraction of sp³-hybridized carbons (Fsp3) is 0.538. The maximum Gasteiger partial charge on any atom is 0.0642 e. The summed E-state index contributed by atoms with van der Waals surface area (Å²) in [5.74, 6) is 0.00153. The third-order valence-electron chi connectivity index (χ3n) is 2.71. The number of ether oxygens (including phenoxy) is 1. The Balaban J connectivity index is 2.53. The highest BCUT2D eigenvalue weighted by atomic mass is 16.5. The summed E-state index contributed by atoms with van der Waals surface area (Å²) in [5, 5.41) is 10.0. The van der Waals surface area contributed by atoms with E-state index in [9.17, 15) is 5.11 Å². The summed E-state index contributed by atoms with van der Waals surface area (Å²) in [6.07, 6.45) is 0.198. The quantitative estimate of drug-likeness (QED) is 0.689. The van der Waals surface area contributed by atoms with Gasteiger partial charge in [0, 0.05) is 25.7 Å². The van der Waals surface area contributed by atoms with Gasteiger partial charge in [0.1, 0.15) is 0 Å². The monoisotopic (exact) mass is 223 g/mol. The molecular weight excluding hydrogens is 202 g/mol. The van der Waals surface area contributed by atoms with Crippen molar-refractivity contribution in [2.24, 2.45) is 5.73 Å². The van der Waals surface area contributed by atoms with Crippen LogP contribution in [0.3, 0.4) is 0 Å². The number of hydrogen-bond acceptors (Lipinski definition) is 3. The molecule has 0 aliphatic rings. The van der Waals surface area contributed by atoms with Crippen LogP contribution in [0.15, 0.2) is 30.3 Å². The predicted molar refractivity (Wildman–Crippen MR) is 65.4 cm³/mol. The van der Waals surface area contributed by atoms with Crippen molar-refractivity contribution in [1.82, 2.24) is 0 Å². The minimum Gasteiger partial charge on any atom is -0.392 e. The molecule has 1 rings (SSSR count). The van der Waals surface area contributed by atoms with Gasteiger partial charge >= 0.3 is 0 Å². The molecule has 1 aromatic carbocycles. The Morgan fingerprint density at radius 2 is 2.00 bits per heavy atom. The van der Waals surface area contributed by atoms with E-state index in [0.717, 1.165) is 5.56 Å². The average molecular weight is 223 g/mol. The fourth-order valence-electron chi connectivity index (χ4n) is 1.77. The molecule has 1 aromatic rings. The Morgan fingerprint density at radius 3 is 2.56 bits per heavy atom. The van der Waals surface area contributed by atoms with Crippen LogP contribution in [-0.2, 0) is 4.74 Å². The van der Waals surface area contributed by atoms with Gasteiger partial charge in [-0.1, -0.05) is 30.3 Å². The molecule has 2 unspecified atom stereocenters. The van der Waals surface area contributed by atoms with Gasteiger partial charge in [0.05, 0.1) is 6.10 Å². The number of nitrogens with two attached hydrogens (primary N) is 1. The second-order valence-electron chi connectivity index (χ2n) is 3.81. The van der Waals surface area contributed by atoms with E-state index >= 15 is 0 Å². The van der Waals surface area contributed by atoms with Crippen LogP contribution in [0.1, 0.15) is 24.8 Å². The van der Waals surface area contributed by atoms with Crippen LogP contribution in [0.4, 0.5) is 0 Å². The molecule has 0 fully saturated rings. The van der Waals surface area contributed by atoms with Crippen molar-refractivity contribution in [3.8, 4) is 0 Å². The van der Waals surface area contributed by atoms with Crippen molar-refractivity contribution < 1.29 is 9.84 Å². The van der Waals surface area contributed by atoms with Crippen LogP contribution in [0.25, 0.3) is 0 Å². The minimum absolute atomic E-state index is 0.00153. The first-order chi connectivity index (χ1) is 7.79. The lowest BCUT2D eigenvalue weighted by atomic mass is 9.92. The largest absolute Gasteiger partial charge is 0.392 e. The Bertz CT molecular complexity index is 277. The van der Waals surface area contributed by atoms with Gasteiger partial charge in [-0.15, -0.1) is 0 Å². The second kappa shape index (κ2) is 7.39. The Kier molecular flexibility index (Phi) is 6.08. The third-order valence-corrected chi connectivity index (χ3v) is 2.71. The van der Waals surface area contributed by atoms with Crippen molar-refractivity contribution in [1.29, 1.82) is 0 Å². The lowest BCUT2D eigenvalue weighted by molar-refractivity contribution is 0.0752. The molecule has 0 aliphatic carbocycles. The van der Waals surface area contributed by atoms with Gasteiger partial charge in [0.2, 0.25) is 0 Å². The molecule has 0 amide bonds. The van der Waals surface area contributed by atoms with Gasteiger partial charge in [-0.25, -0.2) is 0 Å². The molecule has 0 saturated heterocycles. The Labute approximate surface area is 97.2 Å². The fourth-order valence-corrected chi connectivity index (χ4v) is 1.77. The summed E-state index contributed by atoms with van der Waals surface area (Å²) < 4.78 is 5.23. The van der Waals surface area contributed by atoms with Crippen LogP contribution < -0.4 is 5.73 Å². The predicted octanol–water partition coefficient (Wildman–Crippen LogP) is 1.52. The normalized spacial score (nSPS) is 14.7. The van der Waals surface area contributed by atoms with Crippen molar-refractivity contribution in [2.45, 2.75) is 25.4 Å². The minimum atomic E-state index is -0.432. The molecule has 2 atom stereocenters. The number of benzene rings is 1. The van der Waals surface area contributed by atoms with E-state index in [4.69, 9.17) is 10.5 Å². The van der Waals surface area contributed by atoms with Gasteiger partial charge in [-0.05, 0) is 18.9 Å². The van der Waals surface area contributed by atoms with Crippen LogP contribution in [0.5, 0.6) is 0 Å². The van der Waals surface area contributed by atoms with E-state index in [1.54, 1.807) is 0 Å². The van der Waals surface area contributed by atoms with Crippen LogP contribution in [0.2, 0.25) is 0 Å². The first kappa shape index (κ1) is 13.2. The van der Waals surface area contributed by atoms with E-state index in [1.807, 2.05) is 37.3 Å². The summed E-state index contributed by atoms with van der Waals surface area (Å²) in [4.78, 5) is 0. The van der Waals surface area contributed by atoms with E-state index in [1.165, 1.54) is 0 Å². The zero-order valence-corrected chi connectivity index (χ0v) is 9.80. The maximum atomic E-state index is 10.0. The number of aliphatic hydroxyl groups excluding tert-OH is 1. The highest BCUT2D eigenvalue weighted by Crippen LogP contribution is 2.20. The average Bonchev–Trinajstić information content (AvgIpc) is 2.32. The van der Waals surface area contributed by atoms with Crippen molar-refractivity contribution in [3.63, 3.8) is 0 Å². The van der Waals surface area contributed by atoms with Crippen molar-refractivity contribution in [2.75, 3.05) is 19.8 Å². The topological polar surface area (TPSA) is 55.5 Å². The lowest BCUT2D eigenvalue weighted by Crippen LogP contribution is -2.27. The van der Waals surface area contributed by atoms with E-state index < -0.39 is 6.10 Å². The molecule has 0 bridgehead atoms. The first-order valence-electron chi connectivity index (χ1n) is 5.80. The molecule has 0 aliphatic heterocycles. The molecule has 0 radical (unpaired) electrons. The van der Waals surface area contributed by atoms with Crippen molar-refractivity contribution in [3.05, 3.63) is 35.9 Å². The van der Waals surface area contributed by atoms with E-state index in [-0.39, 0.29) is 5.92 Å². The number of rotatable bonds is 7. The summed E-state index contributed by atoms with van der Waals surface area (Å²) in [6, 6.07) is 9.90. The molecule has 0 spiro atoms. The lowest BCUT2D eigenvalue weighted by Gasteiger charge is -2.21. The standard InChI is InChI=1S/C13H21NO2/c1-2-16-9-8-13(15)12(10-14)11-6-4-3-5-7-11/h3-7,12-13,15H,2,8-10,14H2,1H3. The zero-order valence-electron chi connectivity index (χ0n) is 9.80. The smallest absolute Gasteiger partial charge is 0.0642 e. The molecule has 0 heterocycles. The van der Waals surface area contributed by atoms with Gasteiger partial charge in [-0.3, -0.25) is 0 Å². The van der Waals surface area contributed by atoms with E-state index in [0.29, 0.717) is 26.2 Å². The number of aliphatic hydroxyl groups is 1. The van der Waals surface area contributed by atoms with Crippen molar-refractivity contribution >= 4 is 0 Å². The Morgan fingerprint density at radius 1 is 1.31 bits per heavy atom. The van der Waals surface area contributed by atoms with E-state index in [2.05, 4.69) is 0 Å². The number of hydrogen-bond donors (Lipinski definition) is 2. The zero-order chi connectivity index (χ0) is 11.8. The molecule has 3 N–H and O–H groups in total.